The summed E-state index contributed by atoms with van der Waals surface area (Å²) in [5, 5.41) is 1.99. The number of hydrogen-bond acceptors (Lipinski definition) is 2. The standard InChI is InChI=1S/C17H19NOS/c1-13-7-5-6-10-18(13)17(19)15-11-16(20-12-15)14-8-3-2-4-9-14/h2-4,8-9,11-13H,5-7,10H2,1H3. The van der Waals surface area contributed by atoms with Gasteiger partial charge in [0.15, 0.2) is 0 Å². The first-order valence-corrected chi connectivity index (χ1v) is 8.08. The van der Waals surface area contributed by atoms with Crippen LogP contribution in [-0.2, 0) is 0 Å². The van der Waals surface area contributed by atoms with E-state index < -0.39 is 0 Å². The molecule has 1 aromatic carbocycles. The maximum Gasteiger partial charge on any atom is 0.254 e. The SMILES string of the molecule is CC1CCCCN1C(=O)c1csc(-c2ccccc2)c1. The van der Waals surface area contributed by atoms with Crippen LogP contribution in [0.2, 0.25) is 0 Å². The second-order valence-corrected chi connectivity index (χ2v) is 6.32. The minimum absolute atomic E-state index is 0.190. The summed E-state index contributed by atoms with van der Waals surface area (Å²) < 4.78 is 0. The fourth-order valence-corrected chi connectivity index (χ4v) is 3.66. The molecule has 0 aliphatic carbocycles. The smallest absolute Gasteiger partial charge is 0.254 e. The minimum atomic E-state index is 0.190. The lowest BCUT2D eigenvalue weighted by molar-refractivity contribution is 0.0636. The molecule has 104 valence electrons. The Balaban J connectivity index is 1.81. The van der Waals surface area contributed by atoms with Gasteiger partial charge in [-0.3, -0.25) is 4.79 Å². The van der Waals surface area contributed by atoms with Crippen molar-refractivity contribution in [2.45, 2.75) is 32.2 Å². The number of hydrogen-bond donors (Lipinski definition) is 0. The van der Waals surface area contributed by atoms with Crippen LogP contribution < -0.4 is 0 Å². The van der Waals surface area contributed by atoms with E-state index in [4.69, 9.17) is 0 Å². The third-order valence-electron chi connectivity index (χ3n) is 3.97. The number of rotatable bonds is 2. The van der Waals surface area contributed by atoms with E-state index in [9.17, 15) is 4.79 Å². The van der Waals surface area contributed by atoms with Gasteiger partial charge in [-0.2, -0.15) is 0 Å². The zero-order valence-corrected chi connectivity index (χ0v) is 12.5. The summed E-state index contributed by atoms with van der Waals surface area (Å²) >= 11 is 1.65. The molecule has 2 heterocycles. The Kier molecular flexibility index (Phi) is 3.88. The van der Waals surface area contributed by atoms with Gasteiger partial charge < -0.3 is 4.90 Å². The third kappa shape index (κ3) is 2.63. The molecule has 0 N–H and O–H groups in total. The molecule has 0 saturated carbocycles. The van der Waals surface area contributed by atoms with Gasteiger partial charge in [-0.1, -0.05) is 30.3 Å². The molecule has 0 spiro atoms. The van der Waals surface area contributed by atoms with E-state index in [0.717, 1.165) is 24.9 Å². The molecule has 2 nitrogen and oxygen atoms in total. The van der Waals surface area contributed by atoms with E-state index in [1.54, 1.807) is 11.3 Å². The summed E-state index contributed by atoms with van der Waals surface area (Å²) in [6.45, 7) is 3.05. The van der Waals surface area contributed by atoms with Crippen LogP contribution >= 0.6 is 11.3 Å². The molecule has 0 radical (unpaired) electrons. The fraction of sp³-hybridized carbons (Fsp3) is 0.353. The summed E-state index contributed by atoms with van der Waals surface area (Å²) in [5.74, 6) is 0.190. The van der Waals surface area contributed by atoms with E-state index in [0.29, 0.717) is 6.04 Å². The van der Waals surface area contributed by atoms with Gasteiger partial charge in [0.25, 0.3) is 5.91 Å². The molecular weight excluding hydrogens is 266 g/mol. The van der Waals surface area contributed by atoms with Crippen molar-refractivity contribution in [3.63, 3.8) is 0 Å². The molecule has 1 unspecified atom stereocenters. The summed E-state index contributed by atoms with van der Waals surface area (Å²) in [6.07, 6.45) is 3.50. The van der Waals surface area contributed by atoms with E-state index in [2.05, 4.69) is 19.1 Å². The number of amides is 1. The van der Waals surface area contributed by atoms with Crippen LogP contribution in [-0.4, -0.2) is 23.4 Å². The molecule has 3 heteroatoms. The van der Waals surface area contributed by atoms with E-state index in [-0.39, 0.29) is 5.91 Å². The van der Waals surface area contributed by atoms with E-state index in [1.165, 1.54) is 16.9 Å². The monoisotopic (exact) mass is 285 g/mol. The van der Waals surface area contributed by atoms with Gasteiger partial charge in [-0.25, -0.2) is 0 Å². The summed E-state index contributed by atoms with van der Waals surface area (Å²) in [7, 11) is 0. The second-order valence-electron chi connectivity index (χ2n) is 5.41. The average Bonchev–Trinajstić information content (AvgIpc) is 2.98. The number of benzene rings is 1. The second kappa shape index (κ2) is 5.80. The largest absolute Gasteiger partial charge is 0.336 e. The van der Waals surface area contributed by atoms with Gasteiger partial charge in [0, 0.05) is 22.8 Å². The Labute approximate surface area is 124 Å². The fourth-order valence-electron chi connectivity index (χ4n) is 2.77. The molecule has 20 heavy (non-hydrogen) atoms. The molecule has 1 aliphatic rings. The van der Waals surface area contributed by atoms with E-state index >= 15 is 0 Å². The van der Waals surface area contributed by atoms with Gasteiger partial charge >= 0.3 is 0 Å². The van der Waals surface area contributed by atoms with Crippen LogP contribution in [0.1, 0.15) is 36.5 Å². The molecule has 0 bridgehead atoms. The van der Waals surface area contributed by atoms with Crippen molar-refractivity contribution < 1.29 is 4.79 Å². The molecule has 1 fully saturated rings. The summed E-state index contributed by atoms with van der Waals surface area (Å²) in [6, 6.07) is 12.7. The summed E-state index contributed by atoms with van der Waals surface area (Å²) in [5.41, 5.74) is 2.02. The third-order valence-corrected chi connectivity index (χ3v) is 4.95. The van der Waals surface area contributed by atoms with Crippen molar-refractivity contribution in [2.24, 2.45) is 0 Å². The first-order valence-electron chi connectivity index (χ1n) is 7.20. The summed E-state index contributed by atoms with van der Waals surface area (Å²) in [4.78, 5) is 15.8. The maximum atomic E-state index is 12.6. The maximum absolute atomic E-state index is 12.6. The van der Waals surface area contributed by atoms with Gasteiger partial charge in [0.05, 0.1) is 5.56 Å². The van der Waals surface area contributed by atoms with Crippen molar-refractivity contribution in [2.75, 3.05) is 6.54 Å². The lowest BCUT2D eigenvalue weighted by Crippen LogP contribution is -2.41. The number of carbonyl (C=O) groups is 1. The number of piperidine rings is 1. The lowest BCUT2D eigenvalue weighted by atomic mass is 10.0. The minimum Gasteiger partial charge on any atom is -0.336 e. The van der Waals surface area contributed by atoms with Crippen molar-refractivity contribution in [3.05, 3.63) is 47.3 Å². The normalized spacial score (nSPS) is 19.1. The molecule has 1 saturated heterocycles. The van der Waals surface area contributed by atoms with Crippen LogP contribution in [0, 0.1) is 0 Å². The van der Waals surface area contributed by atoms with Gasteiger partial charge in [0.2, 0.25) is 0 Å². The highest BCUT2D eigenvalue weighted by Crippen LogP contribution is 2.28. The Morgan fingerprint density at radius 3 is 2.80 bits per heavy atom. The number of carbonyl (C=O) groups excluding carboxylic acids is 1. The van der Waals surface area contributed by atoms with Crippen LogP contribution in [0.4, 0.5) is 0 Å². The Bertz CT molecular complexity index is 590. The first kappa shape index (κ1) is 13.4. The number of nitrogens with zero attached hydrogens (tertiary/aromatic N) is 1. The molecule has 1 aliphatic heterocycles. The Hall–Kier alpha value is -1.61. The van der Waals surface area contributed by atoms with Crippen molar-refractivity contribution in [1.29, 1.82) is 0 Å². The lowest BCUT2D eigenvalue weighted by Gasteiger charge is -2.33. The molecule has 3 rings (SSSR count). The highest BCUT2D eigenvalue weighted by molar-refractivity contribution is 7.13. The van der Waals surface area contributed by atoms with Crippen molar-refractivity contribution in [3.8, 4) is 10.4 Å². The predicted molar refractivity (Wildman–Crippen MR) is 84.1 cm³/mol. The quantitative estimate of drug-likeness (QED) is 0.799. The zero-order valence-electron chi connectivity index (χ0n) is 11.7. The van der Waals surface area contributed by atoms with Crippen LogP contribution in [0.5, 0.6) is 0 Å². The molecule has 1 atom stereocenters. The Morgan fingerprint density at radius 1 is 1.25 bits per heavy atom. The highest BCUT2D eigenvalue weighted by Gasteiger charge is 2.24. The molecule has 2 aromatic rings. The van der Waals surface area contributed by atoms with Gasteiger partial charge in [0.1, 0.15) is 0 Å². The predicted octanol–water partition coefficient (Wildman–Crippen LogP) is 4.43. The van der Waals surface area contributed by atoms with Crippen molar-refractivity contribution in [1.82, 2.24) is 4.90 Å². The van der Waals surface area contributed by atoms with Crippen LogP contribution in [0.3, 0.4) is 0 Å². The van der Waals surface area contributed by atoms with Gasteiger partial charge in [-0.05, 0) is 37.8 Å². The van der Waals surface area contributed by atoms with Crippen LogP contribution in [0.15, 0.2) is 41.8 Å². The molecule has 1 amide bonds. The topological polar surface area (TPSA) is 20.3 Å². The van der Waals surface area contributed by atoms with Crippen molar-refractivity contribution >= 4 is 17.2 Å². The first-order chi connectivity index (χ1) is 9.75. The highest BCUT2D eigenvalue weighted by atomic mass is 32.1. The molecule has 1 aromatic heterocycles. The number of likely N-dealkylation sites (tertiary alicyclic amines) is 1. The van der Waals surface area contributed by atoms with Crippen LogP contribution in [0.25, 0.3) is 10.4 Å². The zero-order chi connectivity index (χ0) is 13.9. The average molecular weight is 285 g/mol. The Morgan fingerprint density at radius 2 is 2.05 bits per heavy atom. The number of thiophene rings is 1. The molecular formula is C17H19NOS. The van der Waals surface area contributed by atoms with Gasteiger partial charge in [-0.15, -0.1) is 11.3 Å². The van der Waals surface area contributed by atoms with E-state index in [1.807, 2.05) is 34.5 Å².